The summed E-state index contributed by atoms with van der Waals surface area (Å²) >= 11 is 0. The zero-order valence-corrected chi connectivity index (χ0v) is 17.6. The van der Waals surface area contributed by atoms with Gasteiger partial charge in [0.25, 0.3) is 0 Å². The molecule has 146 valence electrons. The summed E-state index contributed by atoms with van der Waals surface area (Å²) in [4.78, 5) is 0. The van der Waals surface area contributed by atoms with Crippen molar-refractivity contribution in [1.82, 2.24) is 0 Å². The molecule has 0 N–H and O–H groups in total. The summed E-state index contributed by atoms with van der Waals surface area (Å²) in [7, 11) is 5.09. The Morgan fingerprint density at radius 1 is 0.778 bits per heavy atom. The van der Waals surface area contributed by atoms with E-state index in [1.165, 1.54) is 5.56 Å². The fraction of sp³-hybridized carbons (Fsp3) is 0.478. The molecule has 0 aromatic heterocycles. The molecule has 1 aliphatic rings. The van der Waals surface area contributed by atoms with Gasteiger partial charge in [-0.15, -0.1) is 0 Å². The second kappa shape index (κ2) is 6.66. The van der Waals surface area contributed by atoms with Crippen LogP contribution in [0.3, 0.4) is 0 Å². The molecule has 1 atom stereocenters. The molecule has 0 fully saturated rings. The second-order valence-electron chi connectivity index (χ2n) is 8.24. The smallest absolute Gasteiger partial charge is 0.136 e. The Balaban J connectivity index is 2.21. The summed E-state index contributed by atoms with van der Waals surface area (Å²) in [5.41, 5.74) is 3.66. The van der Waals surface area contributed by atoms with Crippen molar-refractivity contribution in [2.45, 2.75) is 52.1 Å². The van der Waals surface area contributed by atoms with E-state index in [-0.39, 0.29) is 5.41 Å². The van der Waals surface area contributed by atoms with Crippen LogP contribution in [0.15, 0.2) is 24.3 Å². The first kappa shape index (κ1) is 19.4. The maximum atomic E-state index is 6.68. The van der Waals surface area contributed by atoms with Crippen molar-refractivity contribution < 1.29 is 18.9 Å². The standard InChI is InChI=1S/C23H30O4/c1-14-9-17(25-7)12-19(20(14)26-8)23(5)13-22(3,4)18-11-16(24-6)10-15(2)21(18)27-23/h9-12H,13H2,1-8H3. The van der Waals surface area contributed by atoms with Crippen LogP contribution in [0.2, 0.25) is 0 Å². The molecule has 0 amide bonds. The average molecular weight is 370 g/mol. The van der Waals surface area contributed by atoms with Gasteiger partial charge in [-0.2, -0.15) is 0 Å². The van der Waals surface area contributed by atoms with Gasteiger partial charge in [0.15, 0.2) is 0 Å². The summed E-state index contributed by atoms with van der Waals surface area (Å²) < 4.78 is 23.4. The lowest BCUT2D eigenvalue weighted by molar-refractivity contribution is 0.0291. The number of rotatable bonds is 4. The first-order valence-corrected chi connectivity index (χ1v) is 9.26. The van der Waals surface area contributed by atoms with Gasteiger partial charge in [-0.25, -0.2) is 0 Å². The maximum absolute atomic E-state index is 6.68. The van der Waals surface area contributed by atoms with E-state index in [0.29, 0.717) is 0 Å². The Kier molecular flexibility index (Phi) is 4.79. The highest BCUT2D eigenvalue weighted by molar-refractivity contribution is 5.55. The molecule has 0 radical (unpaired) electrons. The second-order valence-corrected chi connectivity index (χ2v) is 8.24. The Hall–Kier alpha value is -2.36. The van der Waals surface area contributed by atoms with Crippen molar-refractivity contribution in [2.24, 2.45) is 0 Å². The van der Waals surface area contributed by atoms with Crippen LogP contribution >= 0.6 is 0 Å². The number of benzene rings is 2. The highest BCUT2D eigenvalue weighted by atomic mass is 16.5. The predicted molar refractivity (Wildman–Crippen MR) is 108 cm³/mol. The van der Waals surface area contributed by atoms with Gasteiger partial charge < -0.3 is 18.9 Å². The molecule has 3 rings (SSSR count). The monoisotopic (exact) mass is 370 g/mol. The molecule has 0 saturated carbocycles. The molecule has 0 bridgehead atoms. The number of aryl methyl sites for hydroxylation is 2. The lowest BCUT2D eigenvalue weighted by atomic mass is 9.70. The van der Waals surface area contributed by atoms with Crippen LogP contribution in [0.25, 0.3) is 0 Å². The van der Waals surface area contributed by atoms with E-state index in [1.54, 1.807) is 21.3 Å². The molecule has 1 unspecified atom stereocenters. The molecule has 0 saturated heterocycles. The van der Waals surface area contributed by atoms with Crippen molar-refractivity contribution >= 4 is 0 Å². The summed E-state index contributed by atoms with van der Waals surface area (Å²) in [6.07, 6.45) is 0.808. The lowest BCUT2D eigenvalue weighted by Gasteiger charge is -2.45. The molecule has 4 nitrogen and oxygen atoms in total. The van der Waals surface area contributed by atoms with Crippen LogP contribution in [0.5, 0.6) is 23.0 Å². The molecule has 0 aliphatic carbocycles. The number of hydrogen-bond donors (Lipinski definition) is 0. The summed E-state index contributed by atoms with van der Waals surface area (Å²) in [5.74, 6) is 3.45. The SMILES string of the molecule is COc1cc(C)c2c(c1)C(C)(C)CC(C)(c1cc(OC)cc(C)c1OC)O2. The van der Waals surface area contributed by atoms with Gasteiger partial charge in [0.1, 0.15) is 28.6 Å². The minimum Gasteiger partial charge on any atom is -0.497 e. The topological polar surface area (TPSA) is 36.9 Å². The van der Waals surface area contributed by atoms with Crippen LogP contribution in [-0.4, -0.2) is 21.3 Å². The van der Waals surface area contributed by atoms with Crippen molar-refractivity contribution in [3.05, 3.63) is 46.5 Å². The minimum atomic E-state index is -0.541. The number of methoxy groups -OCH3 is 3. The Labute approximate surface area is 162 Å². The molecular formula is C23H30O4. The van der Waals surface area contributed by atoms with Crippen LogP contribution in [0, 0.1) is 13.8 Å². The van der Waals surface area contributed by atoms with Crippen LogP contribution in [0.1, 0.15) is 49.4 Å². The zero-order chi connectivity index (χ0) is 20.0. The normalized spacial score (nSPS) is 20.4. The van der Waals surface area contributed by atoms with Gasteiger partial charge in [-0.3, -0.25) is 0 Å². The molecule has 27 heavy (non-hydrogen) atoms. The molecule has 2 aromatic carbocycles. The fourth-order valence-electron chi connectivity index (χ4n) is 4.37. The fourth-order valence-corrected chi connectivity index (χ4v) is 4.37. The lowest BCUT2D eigenvalue weighted by Crippen LogP contribution is -2.42. The van der Waals surface area contributed by atoms with Gasteiger partial charge >= 0.3 is 0 Å². The van der Waals surface area contributed by atoms with E-state index >= 15 is 0 Å². The van der Waals surface area contributed by atoms with Crippen molar-refractivity contribution in [3.8, 4) is 23.0 Å². The van der Waals surface area contributed by atoms with Crippen LogP contribution in [-0.2, 0) is 11.0 Å². The van der Waals surface area contributed by atoms with Gasteiger partial charge in [-0.1, -0.05) is 13.8 Å². The largest absolute Gasteiger partial charge is 0.497 e. The highest BCUT2D eigenvalue weighted by Crippen LogP contribution is 2.53. The average Bonchev–Trinajstić information content (AvgIpc) is 2.61. The third kappa shape index (κ3) is 3.22. The predicted octanol–water partition coefficient (Wildman–Crippen LogP) is 5.30. The molecule has 0 spiro atoms. The summed E-state index contributed by atoms with van der Waals surface area (Å²) in [6, 6.07) is 8.14. The van der Waals surface area contributed by atoms with Crippen molar-refractivity contribution in [2.75, 3.05) is 21.3 Å². The first-order valence-electron chi connectivity index (χ1n) is 9.26. The van der Waals surface area contributed by atoms with Gasteiger partial charge in [0.2, 0.25) is 0 Å². The van der Waals surface area contributed by atoms with Gasteiger partial charge in [0, 0.05) is 17.5 Å². The van der Waals surface area contributed by atoms with Crippen molar-refractivity contribution in [3.63, 3.8) is 0 Å². The third-order valence-corrected chi connectivity index (χ3v) is 5.58. The van der Waals surface area contributed by atoms with E-state index in [0.717, 1.165) is 46.1 Å². The molecular weight excluding hydrogens is 340 g/mol. The Bertz CT molecular complexity index is 869. The van der Waals surface area contributed by atoms with Gasteiger partial charge in [-0.05, 0) is 61.6 Å². The van der Waals surface area contributed by atoms with E-state index < -0.39 is 5.60 Å². The quantitative estimate of drug-likeness (QED) is 0.731. The number of fused-ring (bicyclic) bond motifs is 1. The minimum absolute atomic E-state index is 0.0936. The third-order valence-electron chi connectivity index (χ3n) is 5.58. The molecule has 4 heteroatoms. The van der Waals surface area contributed by atoms with Crippen LogP contribution in [0.4, 0.5) is 0 Å². The molecule has 1 heterocycles. The van der Waals surface area contributed by atoms with Crippen LogP contribution < -0.4 is 18.9 Å². The van der Waals surface area contributed by atoms with E-state index in [2.05, 4.69) is 33.8 Å². The molecule has 1 aliphatic heterocycles. The van der Waals surface area contributed by atoms with E-state index in [9.17, 15) is 0 Å². The van der Waals surface area contributed by atoms with E-state index in [1.807, 2.05) is 25.1 Å². The van der Waals surface area contributed by atoms with Gasteiger partial charge in [0.05, 0.1) is 21.3 Å². The first-order chi connectivity index (χ1) is 12.6. The zero-order valence-electron chi connectivity index (χ0n) is 17.6. The van der Waals surface area contributed by atoms with Crippen molar-refractivity contribution in [1.29, 1.82) is 0 Å². The Morgan fingerprint density at radius 2 is 1.33 bits per heavy atom. The highest BCUT2D eigenvalue weighted by Gasteiger charge is 2.45. The molecule has 2 aromatic rings. The summed E-state index contributed by atoms with van der Waals surface area (Å²) in [6.45, 7) is 10.7. The Morgan fingerprint density at radius 3 is 1.89 bits per heavy atom. The van der Waals surface area contributed by atoms with E-state index in [4.69, 9.17) is 18.9 Å². The summed E-state index contributed by atoms with van der Waals surface area (Å²) in [5, 5.41) is 0. The number of hydrogen-bond acceptors (Lipinski definition) is 4. The number of ether oxygens (including phenoxy) is 4. The maximum Gasteiger partial charge on any atom is 0.136 e.